The van der Waals surface area contributed by atoms with Gasteiger partial charge in [0.1, 0.15) is 5.75 Å². The third kappa shape index (κ3) is 5.47. The van der Waals surface area contributed by atoms with Gasteiger partial charge in [-0.1, -0.05) is 35.9 Å². The predicted octanol–water partition coefficient (Wildman–Crippen LogP) is 4.23. The molecule has 0 saturated heterocycles. The van der Waals surface area contributed by atoms with Crippen molar-refractivity contribution in [2.45, 2.75) is 19.6 Å². The van der Waals surface area contributed by atoms with Crippen LogP contribution in [0.3, 0.4) is 0 Å². The first-order valence-electron chi connectivity index (χ1n) is 7.28. The first-order chi connectivity index (χ1) is 11.5. The van der Waals surface area contributed by atoms with E-state index in [1.165, 1.54) is 12.1 Å². The predicted molar refractivity (Wildman–Crippen MR) is 89.6 cm³/mol. The van der Waals surface area contributed by atoms with Gasteiger partial charge in [-0.05, 0) is 36.8 Å². The molecule has 0 aliphatic carbocycles. The molecule has 2 rings (SSSR count). The zero-order valence-corrected chi connectivity index (χ0v) is 13.7. The average molecular weight is 355 g/mol. The van der Waals surface area contributed by atoms with E-state index in [1.54, 1.807) is 24.3 Å². The Bertz CT molecular complexity index is 681. The van der Waals surface area contributed by atoms with Crippen LogP contribution in [0.25, 0.3) is 0 Å². The van der Waals surface area contributed by atoms with E-state index in [0.29, 0.717) is 5.02 Å². The van der Waals surface area contributed by atoms with Gasteiger partial charge in [0.05, 0.1) is 12.2 Å². The summed E-state index contributed by atoms with van der Waals surface area (Å²) < 4.78 is 29.1. The molecule has 0 aliphatic rings. The van der Waals surface area contributed by atoms with Crippen molar-refractivity contribution in [2.24, 2.45) is 0 Å². The summed E-state index contributed by atoms with van der Waals surface area (Å²) in [6.07, 6.45) is 0. The molecule has 0 saturated carbocycles. The summed E-state index contributed by atoms with van der Waals surface area (Å²) in [6, 6.07) is 13.2. The smallest absolute Gasteiger partial charge is 0.387 e. The minimum absolute atomic E-state index is 0.0206. The number of hydrogen-bond acceptors (Lipinski definition) is 3. The molecule has 0 aromatic heterocycles. The molecule has 0 fully saturated rings. The van der Waals surface area contributed by atoms with Crippen molar-refractivity contribution < 1.29 is 18.3 Å². The molecule has 0 bridgehead atoms. The molecular weight excluding hydrogens is 338 g/mol. The van der Waals surface area contributed by atoms with Crippen molar-refractivity contribution >= 4 is 23.2 Å². The molecule has 2 N–H and O–H groups in total. The lowest BCUT2D eigenvalue weighted by atomic mass is 10.1. The molecule has 2 aromatic carbocycles. The van der Waals surface area contributed by atoms with Crippen LogP contribution >= 0.6 is 11.6 Å². The molecule has 1 amide bonds. The average Bonchev–Trinajstić information content (AvgIpc) is 2.54. The lowest BCUT2D eigenvalue weighted by Gasteiger charge is -2.15. The monoisotopic (exact) mass is 354 g/mol. The molecule has 4 nitrogen and oxygen atoms in total. The van der Waals surface area contributed by atoms with E-state index in [9.17, 15) is 13.6 Å². The Morgan fingerprint density at radius 3 is 2.50 bits per heavy atom. The van der Waals surface area contributed by atoms with E-state index in [-0.39, 0.29) is 29.9 Å². The van der Waals surface area contributed by atoms with Crippen LogP contribution in [0.5, 0.6) is 5.75 Å². The van der Waals surface area contributed by atoms with Gasteiger partial charge in [0, 0.05) is 11.1 Å². The number of halogens is 3. The van der Waals surface area contributed by atoms with Crippen molar-refractivity contribution in [3.8, 4) is 5.75 Å². The van der Waals surface area contributed by atoms with Crippen molar-refractivity contribution in [3.63, 3.8) is 0 Å². The number of alkyl halides is 2. The number of ether oxygens (including phenoxy) is 1. The largest absolute Gasteiger partial charge is 0.433 e. The number of amides is 1. The summed E-state index contributed by atoms with van der Waals surface area (Å²) in [5.74, 6) is -0.437. The van der Waals surface area contributed by atoms with Gasteiger partial charge in [-0.2, -0.15) is 8.78 Å². The molecule has 0 spiro atoms. The highest BCUT2D eigenvalue weighted by atomic mass is 35.5. The number of hydrogen-bond donors (Lipinski definition) is 2. The number of benzene rings is 2. The molecular formula is C17H17ClF2N2O2. The topological polar surface area (TPSA) is 50.4 Å². The maximum absolute atomic E-state index is 12.4. The van der Waals surface area contributed by atoms with Crippen LogP contribution in [0.1, 0.15) is 18.5 Å². The summed E-state index contributed by atoms with van der Waals surface area (Å²) in [4.78, 5) is 12.0. The fraction of sp³-hybridized carbons (Fsp3) is 0.235. The maximum Gasteiger partial charge on any atom is 0.387 e. The Kier molecular flexibility index (Phi) is 6.52. The molecule has 0 radical (unpaired) electrons. The summed E-state index contributed by atoms with van der Waals surface area (Å²) in [5.41, 5.74) is 1.18. The highest BCUT2D eigenvalue weighted by Gasteiger charge is 2.12. The number of anilines is 1. The van der Waals surface area contributed by atoms with Crippen molar-refractivity contribution in [2.75, 3.05) is 11.9 Å². The van der Waals surface area contributed by atoms with E-state index < -0.39 is 6.61 Å². The van der Waals surface area contributed by atoms with Gasteiger partial charge in [-0.3, -0.25) is 4.79 Å². The highest BCUT2D eigenvalue weighted by Crippen LogP contribution is 2.25. The number of para-hydroxylation sites is 2. The van der Waals surface area contributed by atoms with Crippen LogP contribution in [0.2, 0.25) is 5.02 Å². The molecule has 0 unspecified atom stereocenters. The van der Waals surface area contributed by atoms with Gasteiger partial charge >= 0.3 is 6.61 Å². The number of rotatable bonds is 7. The number of carbonyl (C=O) groups excluding carboxylic acids is 1. The van der Waals surface area contributed by atoms with Gasteiger partial charge in [0.15, 0.2) is 0 Å². The third-order valence-corrected chi connectivity index (χ3v) is 3.57. The second kappa shape index (κ2) is 8.61. The fourth-order valence-electron chi connectivity index (χ4n) is 2.08. The third-order valence-electron chi connectivity index (χ3n) is 3.32. The minimum atomic E-state index is -2.95. The summed E-state index contributed by atoms with van der Waals surface area (Å²) in [7, 11) is 0. The quantitative estimate of drug-likeness (QED) is 0.782. The van der Waals surface area contributed by atoms with E-state index in [1.807, 2.05) is 19.1 Å². The van der Waals surface area contributed by atoms with Crippen LogP contribution in [-0.4, -0.2) is 19.1 Å². The van der Waals surface area contributed by atoms with Gasteiger partial charge in [0.25, 0.3) is 0 Å². The zero-order chi connectivity index (χ0) is 17.5. The normalized spacial score (nSPS) is 12.0. The second-order valence-corrected chi connectivity index (χ2v) is 5.51. The first kappa shape index (κ1) is 18.2. The Morgan fingerprint density at radius 2 is 1.83 bits per heavy atom. The van der Waals surface area contributed by atoms with Crippen LogP contribution in [0.4, 0.5) is 14.5 Å². The van der Waals surface area contributed by atoms with Crippen LogP contribution in [0.15, 0.2) is 48.5 Å². The standard InChI is InChI=1S/C17H17ClF2N2O2/c1-11(12-6-8-13(18)9-7-12)21-10-16(23)22-14-4-2-3-5-15(14)24-17(19)20/h2-9,11,17,21H,10H2,1H3,(H,22,23)/t11-/m0/s1. The molecule has 0 aliphatic heterocycles. The Hall–Kier alpha value is -2.18. The Balaban J connectivity index is 1.90. The molecule has 128 valence electrons. The fourth-order valence-corrected chi connectivity index (χ4v) is 2.20. The molecule has 1 atom stereocenters. The van der Waals surface area contributed by atoms with Crippen molar-refractivity contribution in [3.05, 3.63) is 59.1 Å². The van der Waals surface area contributed by atoms with Crippen LogP contribution in [-0.2, 0) is 4.79 Å². The second-order valence-electron chi connectivity index (χ2n) is 5.08. The zero-order valence-electron chi connectivity index (χ0n) is 12.9. The van der Waals surface area contributed by atoms with E-state index in [2.05, 4.69) is 15.4 Å². The summed E-state index contributed by atoms with van der Waals surface area (Å²) >= 11 is 5.84. The summed E-state index contributed by atoms with van der Waals surface area (Å²) in [5, 5.41) is 6.24. The SMILES string of the molecule is C[C@H](NCC(=O)Nc1ccccc1OC(F)F)c1ccc(Cl)cc1. The molecule has 24 heavy (non-hydrogen) atoms. The van der Waals surface area contributed by atoms with Crippen molar-refractivity contribution in [1.29, 1.82) is 0 Å². The summed E-state index contributed by atoms with van der Waals surface area (Å²) in [6.45, 7) is -1.02. The first-order valence-corrected chi connectivity index (χ1v) is 7.66. The number of nitrogens with one attached hydrogen (secondary N) is 2. The van der Waals surface area contributed by atoms with Crippen molar-refractivity contribution in [1.82, 2.24) is 5.32 Å². The Morgan fingerprint density at radius 1 is 1.17 bits per heavy atom. The highest BCUT2D eigenvalue weighted by molar-refractivity contribution is 6.30. The lowest BCUT2D eigenvalue weighted by molar-refractivity contribution is -0.115. The van der Waals surface area contributed by atoms with E-state index in [4.69, 9.17) is 11.6 Å². The van der Waals surface area contributed by atoms with Crippen LogP contribution in [0, 0.1) is 0 Å². The molecule has 0 heterocycles. The van der Waals surface area contributed by atoms with Gasteiger partial charge in [-0.15, -0.1) is 0 Å². The van der Waals surface area contributed by atoms with E-state index in [0.717, 1.165) is 5.56 Å². The lowest BCUT2D eigenvalue weighted by Crippen LogP contribution is -2.30. The minimum Gasteiger partial charge on any atom is -0.433 e. The van der Waals surface area contributed by atoms with Gasteiger partial charge < -0.3 is 15.4 Å². The Labute approximate surface area is 143 Å². The molecule has 7 heteroatoms. The van der Waals surface area contributed by atoms with Gasteiger partial charge in [-0.25, -0.2) is 0 Å². The van der Waals surface area contributed by atoms with Crippen LogP contribution < -0.4 is 15.4 Å². The molecule has 2 aromatic rings. The maximum atomic E-state index is 12.4. The van der Waals surface area contributed by atoms with E-state index >= 15 is 0 Å². The number of carbonyl (C=O) groups is 1. The van der Waals surface area contributed by atoms with Gasteiger partial charge in [0.2, 0.25) is 5.91 Å².